The van der Waals surface area contributed by atoms with Crippen LogP contribution < -0.4 is 5.32 Å². The zero-order valence-corrected chi connectivity index (χ0v) is 12.5. The van der Waals surface area contributed by atoms with Gasteiger partial charge < -0.3 is 10.2 Å². The zero-order chi connectivity index (χ0) is 15.4. The van der Waals surface area contributed by atoms with Gasteiger partial charge in [-0.2, -0.15) is 0 Å². The Morgan fingerprint density at radius 2 is 2.05 bits per heavy atom. The van der Waals surface area contributed by atoms with Crippen LogP contribution in [0.5, 0.6) is 0 Å². The van der Waals surface area contributed by atoms with Crippen molar-refractivity contribution >= 4 is 5.91 Å². The Morgan fingerprint density at radius 3 is 2.67 bits per heavy atom. The van der Waals surface area contributed by atoms with Gasteiger partial charge in [0.2, 0.25) is 0 Å². The minimum Gasteiger partial charge on any atom is -0.338 e. The average Bonchev–Trinajstić information content (AvgIpc) is 2.45. The number of piperidine rings is 1. The standard InChI is InChI=1S/C16H22F2N2O/c1-11(2)19-9-12-5-4-8-20(10-12)16(21)15-13(17)6-3-7-14(15)18/h3,6-7,11-12,19H,4-5,8-10H2,1-2H3. The molecule has 0 spiro atoms. The number of amides is 1. The van der Waals surface area contributed by atoms with Crippen molar-refractivity contribution in [3.63, 3.8) is 0 Å². The molecule has 0 aliphatic carbocycles. The summed E-state index contributed by atoms with van der Waals surface area (Å²) in [6, 6.07) is 3.91. The van der Waals surface area contributed by atoms with Crippen LogP contribution in [-0.4, -0.2) is 36.5 Å². The molecule has 1 heterocycles. The smallest absolute Gasteiger partial charge is 0.259 e. The molecule has 0 bridgehead atoms. The number of nitrogens with zero attached hydrogens (tertiary/aromatic N) is 1. The molecular weight excluding hydrogens is 274 g/mol. The summed E-state index contributed by atoms with van der Waals surface area (Å²) in [6.07, 6.45) is 1.90. The monoisotopic (exact) mass is 296 g/mol. The molecule has 2 rings (SSSR count). The van der Waals surface area contributed by atoms with E-state index in [4.69, 9.17) is 0 Å². The van der Waals surface area contributed by atoms with Gasteiger partial charge in [0, 0.05) is 19.1 Å². The van der Waals surface area contributed by atoms with Crippen LogP contribution in [0.4, 0.5) is 8.78 Å². The van der Waals surface area contributed by atoms with Crippen molar-refractivity contribution in [2.75, 3.05) is 19.6 Å². The van der Waals surface area contributed by atoms with Crippen molar-refractivity contribution in [2.24, 2.45) is 5.92 Å². The minimum absolute atomic E-state index is 0.333. The minimum atomic E-state index is -0.789. The molecule has 1 atom stereocenters. The SMILES string of the molecule is CC(C)NCC1CCCN(C(=O)c2c(F)cccc2F)C1. The molecule has 0 radical (unpaired) electrons. The molecule has 1 fully saturated rings. The largest absolute Gasteiger partial charge is 0.338 e. The second-order valence-corrected chi connectivity index (χ2v) is 5.92. The Balaban J connectivity index is 2.05. The molecule has 0 aromatic heterocycles. The van der Waals surface area contributed by atoms with E-state index in [1.165, 1.54) is 6.07 Å². The summed E-state index contributed by atoms with van der Waals surface area (Å²) < 4.78 is 27.4. The molecule has 3 nitrogen and oxygen atoms in total. The highest BCUT2D eigenvalue weighted by atomic mass is 19.1. The van der Waals surface area contributed by atoms with Gasteiger partial charge in [0.15, 0.2) is 0 Å². The molecule has 1 aliphatic rings. The number of hydrogen-bond donors (Lipinski definition) is 1. The molecule has 1 amide bonds. The van der Waals surface area contributed by atoms with E-state index < -0.39 is 23.1 Å². The molecule has 21 heavy (non-hydrogen) atoms. The number of rotatable bonds is 4. The summed E-state index contributed by atoms with van der Waals surface area (Å²) in [5.41, 5.74) is -0.435. The normalized spacial score (nSPS) is 19.1. The van der Waals surface area contributed by atoms with E-state index in [2.05, 4.69) is 19.2 Å². The van der Waals surface area contributed by atoms with Crippen molar-refractivity contribution in [2.45, 2.75) is 32.7 Å². The first-order valence-electron chi connectivity index (χ1n) is 7.45. The third-order valence-corrected chi connectivity index (χ3v) is 3.80. The molecule has 0 saturated carbocycles. The summed E-state index contributed by atoms with van der Waals surface area (Å²) in [5, 5.41) is 3.35. The Bertz CT molecular complexity index is 485. The fraction of sp³-hybridized carbons (Fsp3) is 0.562. The number of carbonyl (C=O) groups excluding carboxylic acids is 1. The van der Waals surface area contributed by atoms with Crippen LogP contribution in [0.2, 0.25) is 0 Å². The average molecular weight is 296 g/mol. The molecule has 1 saturated heterocycles. The predicted molar refractivity (Wildman–Crippen MR) is 78.1 cm³/mol. The number of halogens is 2. The summed E-state index contributed by atoms with van der Waals surface area (Å²) >= 11 is 0. The van der Waals surface area contributed by atoms with Gasteiger partial charge in [-0.15, -0.1) is 0 Å². The highest BCUT2D eigenvalue weighted by Crippen LogP contribution is 2.21. The number of carbonyl (C=O) groups is 1. The molecule has 1 unspecified atom stereocenters. The Morgan fingerprint density at radius 1 is 1.38 bits per heavy atom. The molecule has 1 N–H and O–H groups in total. The van der Waals surface area contributed by atoms with E-state index in [0.29, 0.717) is 25.0 Å². The third-order valence-electron chi connectivity index (χ3n) is 3.80. The van der Waals surface area contributed by atoms with Crippen LogP contribution in [0.25, 0.3) is 0 Å². The Kier molecular flexibility index (Phi) is 5.28. The second-order valence-electron chi connectivity index (χ2n) is 5.92. The van der Waals surface area contributed by atoms with Gasteiger partial charge in [-0.3, -0.25) is 4.79 Å². The topological polar surface area (TPSA) is 32.3 Å². The lowest BCUT2D eigenvalue weighted by atomic mass is 9.97. The van der Waals surface area contributed by atoms with Gasteiger partial charge in [-0.05, 0) is 37.4 Å². The van der Waals surface area contributed by atoms with E-state index in [-0.39, 0.29) is 0 Å². The maximum atomic E-state index is 13.7. The highest BCUT2D eigenvalue weighted by Gasteiger charge is 2.27. The maximum absolute atomic E-state index is 13.7. The second kappa shape index (κ2) is 6.98. The van der Waals surface area contributed by atoms with E-state index >= 15 is 0 Å². The van der Waals surface area contributed by atoms with Crippen LogP contribution in [0, 0.1) is 17.6 Å². The molecular formula is C16H22F2N2O. The zero-order valence-electron chi connectivity index (χ0n) is 12.5. The van der Waals surface area contributed by atoms with Crippen molar-refractivity contribution in [3.8, 4) is 0 Å². The van der Waals surface area contributed by atoms with Gasteiger partial charge in [0.1, 0.15) is 17.2 Å². The van der Waals surface area contributed by atoms with Gasteiger partial charge >= 0.3 is 0 Å². The van der Waals surface area contributed by atoms with Crippen molar-refractivity contribution in [1.29, 1.82) is 0 Å². The molecule has 1 aliphatic heterocycles. The first kappa shape index (κ1) is 15.9. The van der Waals surface area contributed by atoms with Gasteiger partial charge in [-0.25, -0.2) is 8.78 Å². The number of hydrogen-bond acceptors (Lipinski definition) is 2. The molecule has 116 valence electrons. The molecule has 5 heteroatoms. The maximum Gasteiger partial charge on any atom is 0.259 e. The summed E-state index contributed by atoms with van der Waals surface area (Å²) in [6.45, 7) is 6.07. The molecule has 1 aromatic carbocycles. The molecule has 1 aromatic rings. The Labute approximate surface area is 124 Å². The van der Waals surface area contributed by atoms with E-state index in [1.807, 2.05) is 0 Å². The van der Waals surface area contributed by atoms with Crippen LogP contribution in [0.3, 0.4) is 0 Å². The lowest BCUT2D eigenvalue weighted by Gasteiger charge is -2.33. The lowest BCUT2D eigenvalue weighted by Crippen LogP contribution is -2.44. The first-order valence-corrected chi connectivity index (χ1v) is 7.45. The van der Waals surface area contributed by atoms with Crippen molar-refractivity contribution < 1.29 is 13.6 Å². The Hall–Kier alpha value is -1.49. The summed E-state index contributed by atoms with van der Waals surface area (Å²) in [4.78, 5) is 13.9. The van der Waals surface area contributed by atoms with Gasteiger partial charge in [0.25, 0.3) is 5.91 Å². The highest BCUT2D eigenvalue weighted by molar-refractivity contribution is 5.94. The van der Waals surface area contributed by atoms with Crippen LogP contribution >= 0.6 is 0 Å². The quantitative estimate of drug-likeness (QED) is 0.926. The van der Waals surface area contributed by atoms with E-state index in [1.54, 1.807) is 4.90 Å². The van der Waals surface area contributed by atoms with Crippen molar-refractivity contribution in [3.05, 3.63) is 35.4 Å². The number of nitrogens with one attached hydrogen (secondary N) is 1. The number of likely N-dealkylation sites (tertiary alicyclic amines) is 1. The van der Waals surface area contributed by atoms with E-state index in [0.717, 1.165) is 31.5 Å². The van der Waals surface area contributed by atoms with E-state index in [9.17, 15) is 13.6 Å². The fourth-order valence-electron chi connectivity index (χ4n) is 2.68. The van der Waals surface area contributed by atoms with Crippen molar-refractivity contribution in [1.82, 2.24) is 10.2 Å². The predicted octanol–water partition coefficient (Wildman–Crippen LogP) is 2.82. The summed E-state index contributed by atoms with van der Waals surface area (Å²) in [5.74, 6) is -1.79. The van der Waals surface area contributed by atoms with Crippen LogP contribution in [0.1, 0.15) is 37.0 Å². The summed E-state index contributed by atoms with van der Waals surface area (Å²) in [7, 11) is 0. The first-order chi connectivity index (χ1) is 9.99. The number of benzene rings is 1. The third kappa shape index (κ3) is 4.00. The van der Waals surface area contributed by atoms with Crippen LogP contribution in [-0.2, 0) is 0 Å². The van der Waals surface area contributed by atoms with Crippen LogP contribution in [0.15, 0.2) is 18.2 Å². The lowest BCUT2D eigenvalue weighted by molar-refractivity contribution is 0.0662. The fourth-order valence-corrected chi connectivity index (χ4v) is 2.68. The van der Waals surface area contributed by atoms with Gasteiger partial charge in [0.05, 0.1) is 0 Å². The van der Waals surface area contributed by atoms with Gasteiger partial charge in [-0.1, -0.05) is 19.9 Å².